The number of carbonyl (C=O) groups is 1. The van der Waals surface area contributed by atoms with Gasteiger partial charge in [0.25, 0.3) is 5.91 Å². The predicted octanol–water partition coefficient (Wildman–Crippen LogP) is 4.57. The number of methoxy groups -OCH3 is 1. The van der Waals surface area contributed by atoms with Crippen LogP contribution in [0.4, 0.5) is 0 Å². The van der Waals surface area contributed by atoms with Crippen LogP contribution >= 0.6 is 0 Å². The maximum absolute atomic E-state index is 13.0. The summed E-state index contributed by atoms with van der Waals surface area (Å²) < 4.78 is 5.60. The number of carbonyl (C=O) groups excluding carboxylic acids is 1. The number of fused-ring (bicyclic) bond motifs is 1. The van der Waals surface area contributed by atoms with Gasteiger partial charge in [0.05, 0.1) is 18.1 Å². The number of nitrogens with zero attached hydrogens (tertiary/aromatic N) is 2. The first-order valence-corrected chi connectivity index (χ1v) is 10.0. The van der Waals surface area contributed by atoms with Crippen LogP contribution in [0.5, 0.6) is 5.75 Å². The molecule has 0 unspecified atom stereocenters. The zero-order valence-electron chi connectivity index (χ0n) is 16.6. The fraction of sp³-hybridized carbons (Fsp3) is 0.391. The smallest absolute Gasteiger partial charge is 0.253 e. The number of benzene rings is 2. The largest absolute Gasteiger partial charge is 0.496 e. The van der Waals surface area contributed by atoms with Crippen LogP contribution in [-0.4, -0.2) is 41.0 Å². The van der Waals surface area contributed by atoms with E-state index in [1.165, 1.54) is 19.3 Å². The topological polar surface area (TPSA) is 58.2 Å². The highest BCUT2D eigenvalue weighted by Crippen LogP contribution is 2.26. The standard InChI is InChI=1S/C23H27N3O2/c1-26(18-8-4-3-5-9-18)23(27)17-13-12-16(21(14-17)28-2)15-22-24-19-10-6-7-11-20(19)25-22/h6-7,10-14,18H,3-5,8-9,15H2,1-2H3,(H,24,25). The van der Waals surface area contributed by atoms with Gasteiger partial charge in [-0.1, -0.05) is 37.5 Å². The molecule has 1 aromatic heterocycles. The second kappa shape index (κ2) is 8.05. The summed E-state index contributed by atoms with van der Waals surface area (Å²) >= 11 is 0. The second-order valence-electron chi connectivity index (χ2n) is 7.61. The maximum atomic E-state index is 13.0. The van der Waals surface area contributed by atoms with Crippen LogP contribution in [0, 0.1) is 0 Å². The van der Waals surface area contributed by atoms with Crippen LogP contribution in [0.1, 0.15) is 53.8 Å². The van der Waals surface area contributed by atoms with Gasteiger partial charge in [-0.15, -0.1) is 0 Å². The van der Waals surface area contributed by atoms with Gasteiger partial charge < -0.3 is 14.6 Å². The quantitative estimate of drug-likeness (QED) is 0.709. The lowest BCUT2D eigenvalue weighted by Crippen LogP contribution is -2.38. The van der Waals surface area contributed by atoms with Crippen LogP contribution in [0.15, 0.2) is 42.5 Å². The van der Waals surface area contributed by atoms with Crippen molar-refractivity contribution in [3.63, 3.8) is 0 Å². The molecule has 146 valence electrons. The molecule has 3 aromatic rings. The molecule has 1 heterocycles. The van der Waals surface area contributed by atoms with Gasteiger partial charge in [-0.3, -0.25) is 4.79 Å². The summed E-state index contributed by atoms with van der Waals surface area (Å²) in [4.78, 5) is 22.9. The molecule has 1 N–H and O–H groups in total. The highest BCUT2D eigenvalue weighted by atomic mass is 16.5. The second-order valence-corrected chi connectivity index (χ2v) is 7.61. The molecule has 28 heavy (non-hydrogen) atoms. The minimum atomic E-state index is 0.0699. The first-order valence-electron chi connectivity index (χ1n) is 10.0. The molecule has 0 aliphatic heterocycles. The highest BCUT2D eigenvalue weighted by Gasteiger charge is 2.23. The third-order valence-electron chi connectivity index (χ3n) is 5.77. The Hall–Kier alpha value is -2.82. The van der Waals surface area contributed by atoms with Gasteiger partial charge in [-0.2, -0.15) is 0 Å². The van der Waals surface area contributed by atoms with Crippen molar-refractivity contribution in [2.75, 3.05) is 14.2 Å². The molecule has 0 bridgehead atoms. The molecule has 1 amide bonds. The molecule has 0 radical (unpaired) electrons. The van der Waals surface area contributed by atoms with Crippen molar-refractivity contribution in [3.8, 4) is 5.75 Å². The van der Waals surface area contributed by atoms with E-state index >= 15 is 0 Å². The average molecular weight is 377 g/mol. The van der Waals surface area contributed by atoms with Crippen molar-refractivity contribution in [1.82, 2.24) is 14.9 Å². The normalized spacial score (nSPS) is 14.9. The van der Waals surface area contributed by atoms with Gasteiger partial charge in [0.15, 0.2) is 0 Å². The van der Waals surface area contributed by atoms with E-state index < -0.39 is 0 Å². The predicted molar refractivity (Wildman–Crippen MR) is 111 cm³/mol. The highest BCUT2D eigenvalue weighted by molar-refractivity contribution is 5.94. The summed E-state index contributed by atoms with van der Waals surface area (Å²) in [6.45, 7) is 0. The van der Waals surface area contributed by atoms with Crippen molar-refractivity contribution >= 4 is 16.9 Å². The Labute approximate surface area is 165 Å². The minimum Gasteiger partial charge on any atom is -0.496 e. The van der Waals surface area contributed by atoms with Crippen LogP contribution in [0.25, 0.3) is 11.0 Å². The summed E-state index contributed by atoms with van der Waals surface area (Å²) in [5.41, 5.74) is 3.67. The van der Waals surface area contributed by atoms with E-state index in [2.05, 4.69) is 9.97 Å². The van der Waals surface area contributed by atoms with Gasteiger partial charge in [-0.25, -0.2) is 4.98 Å². The monoisotopic (exact) mass is 377 g/mol. The molecule has 5 heteroatoms. The Balaban J connectivity index is 1.54. The zero-order valence-corrected chi connectivity index (χ0v) is 16.6. The molecule has 4 rings (SSSR count). The van der Waals surface area contributed by atoms with E-state index in [0.717, 1.165) is 41.0 Å². The number of rotatable bonds is 5. The van der Waals surface area contributed by atoms with E-state index in [9.17, 15) is 4.79 Å². The first kappa shape index (κ1) is 18.5. The summed E-state index contributed by atoms with van der Waals surface area (Å²) in [6.07, 6.45) is 6.53. The van der Waals surface area contributed by atoms with Crippen molar-refractivity contribution in [1.29, 1.82) is 0 Å². The number of nitrogens with one attached hydrogen (secondary N) is 1. The Bertz CT molecular complexity index is 940. The van der Waals surface area contributed by atoms with Crippen LogP contribution in [-0.2, 0) is 6.42 Å². The molecule has 0 spiro atoms. The average Bonchev–Trinajstić information content (AvgIpc) is 3.16. The van der Waals surface area contributed by atoms with Crippen molar-refractivity contribution in [2.45, 2.75) is 44.6 Å². The summed E-state index contributed by atoms with van der Waals surface area (Å²) in [6, 6.07) is 14.1. The number of para-hydroxylation sites is 2. The number of ether oxygens (including phenoxy) is 1. The van der Waals surface area contributed by atoms with Gasteiger partial charge in [0, 0.05) is 30.6 Å². The van der Waals surface area contributed by atoms with Crippen molar-refractivity contribution < 1.29 is 9.53 Å². The third kappa shape index (κ3) is 3.75. The summed E-state index contributed by atoms with van der Waals surface area (Å²) in [5, 5.41) is 0. The number of aromatic nitrogens is 2. The van der Waals surface area contributed by atoms with Crippen molar-refractivity contribution in [2.24, 2.45) is 0 Å². The number of aromatic amines is 1. The van der Waals surface area contributed by atoms with Gasteiger partial charge in [-0.05, 0) is 37.1 Å². The SMILES string of the molecule is COc1cc(C(=O)N(C)C2CCCCC2)ccc1Cc1nc2ccccc2[nH]1. The Morgan fingerprint density at radius 3 is 2.71 bits per heavy atom. The molecule has 2 aromatic carbocycles. The molecular weight excluding hydrogens is 350 g/mol. The molecule has 1 fully saturated rings. The van der Waals surface area contributed by atoms with E-state index in [-0.39, 0.29) is 5.91 Å². The van der Waals surface area contributed by atoms with Gasteiger partial charge >= 0.3 is 0 Å². The van der Waals surface area contributed by atoms with Crippen LogP contribution in [0.2, 0.25) is 0 Å². The summed E-state index contributed by atoms with van der Waals surface area (Å²) in [5.74, 6) is 1.68. The Kier molecular flexibility index (Phi) is 5.33. The number of hydrogen-bond donors (Lipinski definition) is 1. The Morgan fingerprint density at radius 1 is 1.18 bits per heavy atom. The number of imidazole rings is 1. The number of H-pyrrole nitrogens is 1. The minimum absolute atomic E-state index is 0.0699. The fourth-order valence-electron chi connectivity index (χ4n) is 4.13. The summed E-state index contributed by atoms with van der Waals surface area (Å²) in [7, 11) is 3.57. The lowest BCUT2D eigenvalue weighted by molar-refractivity contribution is 0.0696. The van der Waals surface area contributed by atoms with Crippen LogP contribution in [0.3, 0.4) is 0 Å². The van der Waals surface area contributed by atoms with E-state index in [1.807, 2.05) is 54.4 Å². The van der Waals surface area contributed by atoms with E-state index in [4.69, 9.17) is 4.74 Å². The lowest BCUT2D eigenvalue weighted by Gasteiger charge is -2.31. The Morgan fingerprint density at radius 2 is 1.96 bits per heavy atom. The molecule has 5 nitrogen and oxygen atoms in total. The number of amides is 1. The third-order valence-corrected chi connectivity index (χ3v) is 5.77. The fourth-order valence-corrected chi connectivity index (χ4v) is 4.13. The van der Waals surface area contributed by atoms with Crippen LogP contribution < -0.4 is 4.74 Å². The van der Waals surface area contributed by atoms with E-state index in [1.54, 1.807) is 7.11 Å². The molecule has 0 atom stereocenters. The molecule has 1 aliphatic rings. The molecule has 1 saturated carbocycles. The molecule has 1 aliphatic carbocycles. The maximum Gasteiger partial charge on any atom is 0.253 e. The molecular formula is C23H27N3O2. The van der Waals surface area contributed by atoms with Gasteiger partial charge in [0.1, 0.15) is 11.6 Å². The number of hydrogen-bond acceptors (Lipinski definition) is 3. The van der Waals surface area contributed by atoms with E-state index in [0.29, 0.717) is 18.0 Å². The zero-order chi connectivity index (χ0) is 19.5. The van der Waals surface area contributed by atoms with Crippen molar-refractivity contribution in [3.05, 3.63) is 59.4 Å². The lowest BCUT2D eigenvalue weighted by atomic mass is 9.94. The first-order chi connectivity index (χ1) is 13.7. The van der Waals surface area contributed by atoms with Gasteiger partial charge in [0.2, 0.25) is 0 Å². The molecule has 0 saturated heterocycles.